The maximum Gasteiger partial charge on any atom is 0.240 e. The van der Waals surface area contributed by atoms with E-state index >= 15 is 0 Å². The van der Waals surface area contributed by atoms with E-state index in [-0.39, 0.29) is 0 Å². The molecule has 0 radical (unpaired) electrons. The number of rotatable bonds is 6. The second kappa shape index (κ2) is 6.77. The van der Waals surface area contributed by atoms with Gasteiger partial charge in [-0.2, -0.15) is 4.98 Å². The lowest BCUT2D eigenvalue weighted by atomic mass is 10.1. The third-order valence-electron chi connectivity index (χ3n) is 2.80. The van der Waals surface area contributed by atoms with Gasteiger partial charge in [-0.25, -0.2) is 0 Å². The Kier molecular flexibility index (Phi) is 4.79. The number of anilines is 1. The summed E-state index contributed by atoms with van der Waals surface area (Å²) in [5.41, 5.74) is 7.38. The van der Waals surface area contributed by atoms with Gasteiger partial charge in [-0.15, -0.1) is 0 Å². The van der Waals surface area contributed by atoms with Gasteiger partial charge in [0.15, 0.2) is 0 Å². The molecule has 0 aliphatic heterocycles. The van der Waals surface area contributed by atoms with Crippen LogP contribution in [-0.2, 0) is 11.2 Å². The van der Waals surface area contributed by atoms with Crippen molar-refractivity contribution in [2.45, 2.75) is 6.42 Å². The van der Waals surface area contributed by atoms with Crippen molar-refractivity contribution < 1.29 is 14.2 Å². The first kappa shape index (κ1) is 14.1. The molecule has 0 unspecified atom stereocenters. The van der Waals surface area contributed by atoms with Crippen molar-refractivity contribution in [1.29, 1.82) is 0 Å². The highest BCUT2D eigenvalue weighted by atomic mass is 16.5. The second-order valence-corrected chi connectivity index (χ2v) is 4.24. The molecule has 0 aliphatic carbocycles. The van der Waals surface area contributed by atoms with E-state index in [0.29, 0.717) is 29.8 Å². The lowest BCUT2D eigenvalue weighted by Crippen LogP contribution is -1.97. The summed E-state index contributed by atoms with van der Waals surface area (Å²) < 4.78 is 15.8. The molecule has 2 aromatic rings. The smallest absolute Gasteiger partial charge is 0.240 e. The number of nitrogen functional groups attached to an aromatic ring is 1. The predicted molar refractivity (Wildman–Crippen MR) is 77.3 cm³/mol. The van der Waals surface area contributed by atoms with Crippen LogP contribution in [0.4, 0.5) is 5.69 Å². The van der Waals surface area contributed by atoms with E-state index in [1.165, 1.54) is 12.7 Å². The average molecular weight is 274 g/mol. The molecule has 0 fully saturated rings. The molecule has 0 spiro atoms. The maximum atomic E-state index is 5.70. The molecule has 0 saturated heterocycles. The van der Waals surface area contributed by atoms with E-state index in [0.717, 1.165) is 6.42 Å². The molecular formula is C15H18N2O3. The third kappa shape index (κ3) is 3.61. The molecule has 0 saturated carbocycles. The van der Waals surface area contributed by atoms with Crippen LogP contribution in [0, 0.1) is 0 Å². The zero-order valence-corrected chi connectivity index (χ0v) is 11.6. The number of nitrogens with two attached hydrogens (primary N) is 1. The maximum absolute atomic E-state index is 5.70. The van der Waals surface area contributed by atoms with Gasteiger partial charge in [0.25, 0.3) is 0 Å². The molecule has 1 aromatic carbocycles. The first-order valence-corrected chi connectivity index (χ1v) is 6.29. The minimum Gasteiger partial charge on any atom is -0.479 e. The van der Waals surface area contributed by atoms with E-state index in [1.54, 1.807) is 19.2 Å². The summed E-state index contributed by atoms with van der Waals surface area (Å²) in [6.45, 7) is 0.705. The van der Waals surface area contributed by atoms with Gasteiger partial charge in [0.1, 0.15) is 5.75 Å². The fourth-order valence-corrected chi connectivity index (χ4v) is 1.72. The number of methoxy groups -OCH3 is 2. The van der Waals surface area contributed by atoms with Gasteiger partial charge in [0.2, 0.25) is 11.8 Å². The van der Waals surface area contributed by atoms with Gasteiger partial charge in [-0.3, -0.25) is 0 Å². The highest BCUT2D eigenvalue weighted by Crippen LogP contribution is 2.25. The van der Waals surface area contributed by atoms with Gasteiger partial charge in [0, 0.05) is 13.2 Å². The fraction of sp³-hybridized carbons (Fsp3) is 0.267. The van der Waals surface area contributed by atoms with Crippen molar-refractivity contribution in [2.75, 3.05) is 26.6 Å². The van der Waals surface area contributed by atoms with Crippen LogP contribution in [-0.4, -0.2) is 25.8 Å². The van der Waals surface area contributed by atoms with Crippen molar-refractivity contribution in [3.05, 3.63) is 42.0 Å². The first-order valence-electron chi connectivity index (χ1n) is 6.29. The van der Waals surface area contributed by atoms with Crippen LogP contribution in [0.1, 0.15) is 5.56 Å². The van der Waals surface area contributed by atoms with Crippen molar-refractivity contribution in [1.82, 2.24) is 4.98 Å². The summed E-state index contributed by atoms with van der Waals surface area (Å²) in [7, 11) is 3.21. The zero-order chi connectivity index (χ0) is 14.4. The van der Waals surface area contributed by atoms with Crippen molar-refractivity contribution in [2.24, 2.45) is 0 Å². The van der Waals surface area contributed by atoms with E-state index in [4.69, 9.17) is 19.9 Å². The Morgan fingerprint density at radius 1 is 1.05 bits per heavy atom. The number of ether oxygens (including phenoxy) is 3. The van der Waals surface area contributed by atoms with Gasteiger partial charge >= 0.3 is 0 Å². The Morgan fingerprint density at radius 2 is 1.80 bits per heavy atom. The summed E-state index contributed by atoms with van der Waals surface area (Å²) in [4.78, 5) is 4.17. The molecule has 0 atom stereocenters. The number of benzene rings is 1. The Hall–Kier alpha value is -2.27. The topological polar surface area (TPSA) is 66.6 Å². The average Bonchev–Trinajstić information content (AvgIpc) is 2.48. The number of hydrogen-bond donors (Lipinski definition) is 1. The lowest BCUT2D eigenvalue weighted by Gasteiger charge is -2.08. The van der Waals surface area contributed by atoms with Gasteiger partial charge in [-0.05, 0) is 30.2 Å². The van der Waals surface area contributed by atoms with Crippen molar-refractivity contribution >= 4 is 5.69 Å². The molecule has 2 N–H and O–H groups in total. The molecule has 1 heterocycles. The summed E-state index contributed by atoms with van der Waals surface area (Å²) in [6, 6.07) is 11.2. The molecule has 0 bridgehead atoms. The van der Waals surface area contributed by atoms with Crippen LogP contribution in [0.2, 0.25) is 0 Å². The molecule has 106 valence electrons. The molecule has 2 rings (SSSR count). The molecule has 5 heteroatoms. The third-order valence-corrected chi connectivity index (χ3v) is 2.80. The van der Waals surface area contributed by atoms with Crippen LogP contribution in [0.3, 0.4) is 0 Å². The van der Waals surface area contributed by atoms with Crippen LogP contribution in [0.15, 0.2) is 36.4 Å². The molecule has 0 amide bonds. The summed E-state index contributed by atoms with van der Waals surface area (Å²) >= 11 is 0. The quantitative estimate of drug-likeness (QED) is 0.877. The molecule has 1 aromatic heterocycles. The number of pyridine rings is 1. The Labute approximate surface area is 118 Å². The molecule has 0 aliphatic rings. The fourth-order valence-electron chi connectivity index (χ4n) is 1.72. The summed E-state index contributed by atoms with van der Waals surface area (Å²) in [5, 5.41) is 0. The minimum atomic E-state index is 0.360. The summed E-state index contributed by atoms with van der Waals surface area (Å²) in [6.07, 6.45) is 0.880. The normalized spacial score (nSPS) is 10.3. The second-order valence-electron chi connectivity index (χ2n) is 4.24. The highest BCUT2D eigenvalue weighted by molar-refractivity contribution is 5.49. The minimum absolute atomic E-state index is 0.360. The van der Waals surface area contributed by atoms with Gasteiger partial charge in [0.05, 0.1) is 19.4 Å². The predicted octanol–water partition coefficient (Wildman–Crippen LogP) is 2.65. The SMILES string of the molecule is COCCc1ccc(Oc2ccc(N)c(OC)n2)cc1. The summed E-state index contributed by atoms with van der Waals surface area (Å²) in [5.74, 6) is 1.52. The Morgan fingerprint density at radius 3 is 2.45 bits per heavy atom. The standard InChI is InChI=1S/C15H18N2O3/c1-18-10-9-11-3-5-12(6-4-11)20-14-8-7-13(16)15(17-14)19-2/h3-8H,9-10,16H2,1-2H3. The van der Waals surface area contributed by atoms with E-state index in [1.807, 2.05) is 24.3 Å². The molecule has 5 nitrogen and oxygen atoms in total. The van der Waals surface area contributed by atoms with Crippen LogP contribution >= 0.6 is 0 Å². The van der Waals surface area contributed by atoms with Crippen molar-refractivity contribution in [3.8, 4) is 17.5 Å². The molecule has 20 heavy (non-hydrogen) atoms. The largest absolute Gasteiger partial charge is 0.479 e. The van der Waals surface area contributed by atoms with Gasteiger partial charge in [-0.1, -0.05) is 12.1 Å². The van der Waals surface area contributed by atoms with Crippen LogP contribution in [0.25, 0.3) is 0 Å². The van der Waals surface area contributed by atoms with E-state index < -0.39 is 0 Å². The lowest BCUT2D eigenvalue weighted by molar-refractivity contribution is 0.202. The van der Waals surface area contributed by atoms with Crippen LogP contribution < -0.4 is 15.2 Å². The number of aromatic nitrogens is 1. The van der Waals surface area contributed by atoms with Crippen molar-refractivity contribution in [3.63, 3.8) is 0 Å². The first-order chi connectivity index (χ1) is 9.72. The number of nitrogens with zero attached hydrogens (tertiary/aromatic N) is 1. The van der Waals surface area contributed by atoms with Gasteiger partial charge < -0.3 is 19.9 Å². The zero-order valence-electron chi connectivity index (χ0n) is 11.6. The number of hydrogen-bond acceptors (Lipinski definition) is 5. The Bertz CT molecular complexity index is 556. The molecular weight excluding hydrogens is 256 g/mol. The van der Waals surface area contributed by atoms with E-state index in [9.17, 15) is 0 Å². The Balaban J connectivity index is 2.06. The van der Waals surface area contributed by atoms with Crippen LogP contribution in [0.5, 0.6) is 17.5 Å². The highest BCUT2D eigenvalue weighted by Gasteiger charge is 2.05. The monoisotopic (exact) mass is 274 g/mol. The van der Waals surface area contributed by atoms with E-state index in [2.05, 4.69) is 4.98 Å².